The topological polar surface area (TPSA) is 142 Å². The van der Waals surface area contributed by atoms with Crippen molar-refractivity contribution in [1.29, 1.82) is 0 Å². The molecule has 0 fully saturated rings. The van der Waals surface area contributed by atoms with Gasteiger partial charge < -0.3 is 0 Å². The number of rotatable bonds is 10. The van der Waals surface area contributed by atoms with Crippen molar-refractivity contribution in [2.45, 2.75) is 0 Å². The Labute approximate surface area is 547 Å². The van der Waals surface area contributed by atoms with Crippen LogP contribution in [-0.2, 0) is 0 Å². The molecule has 6 aromatic heterocycles. The van der Waals surface area contributed by atoms with E-state index in [2.05, 4.69) is 175 Å². The normalized spacial score (nSPS) is 11.4. The fraction of sp³-hybridized carbons (Fsp3) is 0. The molecular weight excluding hydrogens is 1190 g/mol. The smallest absolute Gasteiger partial charge is 0.164 e. The lowest BCUT2D eigenvalue weighted by Crippen LogP contribution is -2.00. The van der Waals surface area contributed by atoms with Crippen LogP contribution in [0.15, 0.2) is 297 Å². The zero-order valence-electron chi connectivity index (χ0n) is 50.0. The van der Waals surface area contributed by atoms with E-state index in [1.54, 1.807) is 0 Å². The second-order valence-electron chi connectivity index (χ2n) is 22.7. The molecule has 0 atom stereocenters. The lowest BCUT2D eigenvalue weighted by atomic mass is 9.96. The Bertz CT molecular complexity index is 5370. The molecule has 13 heteroatoms. The Morgan fingerprint density at radius 1 is 0.191 bits per heavy atom. The highest BCUT2D eigenvalue weighted by atomic mass is 32.1. The molecule has 6 heterocycles. The van der Waals surface area contributed by atoms with E-state index in [0.717, 1.165) is 155 Å². The van der Waals surface area contributed by atoms with Crippen LogP contribution < -0.4 is 0 Å². The minimum absolute atomic E-state index is 0.632. The Balaban J connectivity index is 0.000000143. The number of nitrogens with zero attached hydrogens (tertiary/aromatic N) is 11. The maximum absolute atomic E-state index is 5.16. The van der Waals surface area contributed by atoms with Crippen LogP contribution in [-0.4, -0.2) is 52.4 Å². The summed E-state index contributed by atoms with van der Waals surface area (Å²) in [5.74, 6) is 2.63. The van der Waals surface area contributed by atoms with Crippen LogP contribution in [0.1, 0.15) is 0 Å². The van der Waals surface area contributed by atoms with Crippen molar-refractivity contribution in [3.63, 3.8) is 0 Å². The summed E-state index contributed by atoms with van der Waals surface area (Å²) in [6.07, 6.45) is 0. The molecule has 94 heavy (non-hydrogen) atoms. The van der Waals surface area contributed by atoms with Gasteiger partial charge in [-0.05, 0) is 76.9 Å². The summed E-state index contributed by atoms with van der Waals surface area (Å²) in [6, 6.07) is 102. The summed E-state index contributed by atoms with van der Waals surface area (Å²) in [5.41, 5.74) is 21.6. The van der Waals surface area contributed by atoms with Crippen molar-refractivity contribution in [3.8, 4) is 113 Å². The third-order valence-corrected chi connectivity index (χ3v) is 18.1. The van der Waals surface area contributed by atoms with Crippen LogP contribution in [0.4, 0.5) is 0 Å². The van der Waals surface area contributed by atoms with Gasteiger partial charge in [-0.15, -0.1) is 0 Å². The van der Waals surface area contributed by atoms with Gasteiger partial charge in [0, 0.05) is 76.8 Å². The molecule has 18 aromatic rings. The number of aromatic nitrogens is 11. The first-order valence-corrected chi connectivity index (χ1v) is 32.2. The Hall–Kier alpha value is -12.3. The molecule has 18 rings (SSSR count). The number of fused-ring (bicyclic) bond motifs is 10. The van der Waals surface area contributed by atoms with E-state index in [1.165, 1.54) is 23.5 Å². The third-order valence-electron chi connectivity index (χ3n) is 17.0. The second-order valence-corrected chi connectivity index (χ2v) is 23.8. The van der Waals surface area contributed by atoms with Crippen LogP contribution >= 0.6 is 23.5 Å². The minimum Gasteiger partial charge on any atom is -0.247 e. The highest BCUT2D eigenvalue weighted by Gasteiger charge is 2.20. The first kappa shape index (κ1) is 55.8. The number of hydrogen-bond acceptors (Lipinski definition) is 13. The molecule has 11 nitrogen and oxygen atoms in total. The first-order valence-electron chi connectivity index (χ1n) is 30.7. The van der Waals surface area contributed by atoms with Crippen LogP contribution in [0.5, 0.6) is 0 Å². The average molecular weight is 1240 g/mol. The molecule has 0 N–H and O–H groups in total. The van der Waals surface area contributed by atoms with Gasteiger partial charge >= 0.3 is 0 Å². The highest BCUT2D eigenvalue weighted by Crippen LogP contribution is 2.41. The molecule has 0 unspecified atom stereocenters. The molecule has 0 amide bonds. The standard InChI is InChI=1S/C41H25N5S.C40H24N6S/c1-3-10-27(11-4-1)36-25-37(44-41(43-36)29-12-5-2-6-13-29)28-20-18-26(19-21-28)30-14-9-15-31(24-30)39-33-22-23-35-40(46-47-45-35)38(33)32-16-7-8-17-34(32)42-39;1-3-10-26(11-4-1)38-42-39(27-12-5-2-6-13-27)44-40(43-38)28-20-18-25(19-21-28)29-14-9-15-30(24-29)36-32-22-23-34-37(46-47-45-34)35(32)31-16-7-8-17-33(31)41-36/h1-25H;1-24H. The maximum Gasteiger partial charge on any atom is 0.164 e. The highest BCUT2D eigenvalue weighted by molar-refractivity contribution is 7.00. The number of benzene rings is 12. The van der Waals surface area contributed by atoms with E-state index in [0.29, 0.717) is 23.3 Å². The van der Waals surface area contributed by atoms with Crippen LogP contribution in [0, 0.1) is 0 Å². The molecule has 0 radical (unpaired) electrons. The van der Waals surface area contributed by atoms with Gasteiger partial charge in [0.2, 0.25) is 0 Å². The molecule has 440 valence electrons. The van der Waals surface area contributed by atoms with Crippen molar-refractivity contribution in [2.75, 3.05) is 0 Å². The number of hydrogen-bond donors (Lipinski definition) is 0. The van der Waals surface area contributed by atoms with Gasteiger partial charge in [-0.1, -0.05) is 243 Å². The van der Waals surface area contributed by atoms with Crippen molar-refractivity contribution in [1.82, 2.24) is 52.4 Å². The maximum atomic E-state index is 5.16. The molecular formula is C81H49N11S2. The zero-order chi connectivity index (χ0) is 62.3. The van der Waals surface area contributed by atoms with Crippen molar-refractivity contribution >= 4 is 88.9 Å². The minimum atomic E-state index is 0.632. The van der Waals surface area contributed by atoms with Gasteiger partial charge in [0.1, 0.15) is 22.1 Å². The molecule has 0 spiro atoms. The lowest BCUT2D eigenvalue weighted by molar-refractivity contribution is 1.07. The van der Waals surface area contributed by atoms with Crippen LogP contribution in [0.3, 0.4) is 0 Å². The molecule has 0 aliphatic heterocycles. The predicted molar refractivity (Wildman–Crippen MR) is 384 cm³/mol. The fourth-order valence-corrected chi connectivity index (χ4v) is 13.4. The van der Waals surface area contributed by atoms with Crippen molar-refractivity contribution in [2.24, 2.45) is 0 Å². The monoisotopic (exact) mass is 1240 g/mol. The first-order chi connectivity index (χ1) is 46.6. The fourth-order valence-electron chi connectivity index (χ4n) is 12.4. The Kier molecular flexibility index (Phi) is 14.3. The Morgan fingerprint density at radius 2 is 0.521 bits per heavy atom. The van der Waals surface area contributed by atoms with Gasteiger partial charge in [0.05, 0.1) is 57.3 Å². The Morgan fingerprint density at radius 3 is 0.957 bits per heavy atom. The molecule has 0 aliphatic rings. The third kappa shape index (κ3) is 10.6. The molecule has 0 bridgehead atoms. The van der Waals surface area contributed by atoms with Gasteiger partial charge in [-0.2, -0.15) is 17.5 Å². The van der Waals surface area contributed by atoms with E-state index < -0.39 is 0 Å². The summed E-state index contributed by atoms with van der Waals surface area (Å²) in [7, 11) is 0. The lowest BCUT2D eigenvalue weighted by Gasteiger charge is -2.12. The van der Waals surface area contributed by atoms with Crippen LogP contribution in [0.25, 0.3) is 178 Å². The van der Waals surface area contributed by atoms with E-state index >= 15 is 0 Å². The second kappa shape index (κ2) is 24.2. The average Bonchev–Trinajstić information content (AvgIpc) is 1.27. The van der Waals surface area contributed by atoms with Gasteiger partial charge in [-0.25, -0.2) is 34.9 Å². The molecule has 0 saturated carbocycles. The van der Waals surface area contributed by atoms with Crippen LogP contribution in [0.2, 0.25) is 0 Å². The summed E-state index contributed by atoms with van der Waals surface area (Å²) >= 11 is 2.49. The van der Waals surface area contributed by atoms with E-state index in [-0.39, 0.29) is 0 Å². The largest absolute Gasteiger partial charge is 0.247 e. The molecule has 0 aliphatic carbocycles. The summed E-state index contributed by atoms with van der Waals surface area (Å²) in [4.78, 5) is 34.8. The molecule has 0 saturated heterocycles. The summed E-state index contributed by atoms with van der Waals surface area (Å²) in [6.45, 7) is 0. The van der Waals surface area contributed by atoms with E-state index in [4.69, 9.17) is 34.9 Å². The number of para-hydroxylation sites is 2. The summed E-state index contributed by atoms with van der Waals surface area (Å²) in [5, 5.41) is 6.50. The SMILES string of the molecule is c1ccc(-c2cc(-c3ccc(-c4cccc(-c5nc6ccccc6c6c5ccc5nsnc56)c4)cc3)nc(-c3ccccc3)n2)cc1.c1ccc(-c2nc(-c3ccccc3)nc(-c3ccc(-c4cccc(-c5nc6ccccc6c6c5ccc5nsnc56)c4)cc3)n2)cc1. The van der Waals surface area contributed by atoms with Crippen molar-refractivity contribution < 1.29 is 0 Å². The number of pyridine rings is 2. The van der Waals surface area contributed by atoms with Crippen molar-refractivity contribution in [3.05, 3.63) is 297 Å². The van der Waals surface area contributed by atoms with Gasteiger partial charge in [0.25, 0.3) is 0 Å². The zero-order valence-corrected chi connectivity index (χ0v) is 51.7. The predicted octanol–water partition coefficient (Wildman–Crippen LogP) is 20.4. The van der Waals surface area contributed by atoms with E-state index in [1.807, 2.05) is 140 Å². The summed E-state index contributed by atoms with van der Waals surface area (Å²) < 4.78 is 18.3. The quantitative estimate of drug-likeness (QED) is 0.121. The van der Waals surface area contributed by atoms with Gasteiger partial charge in [0.15, 0.2) is 23.3 Å². The van der Waals surface area contributed by atoms with E-state index in [9.17, 15) is 0 Å². The molecule has 12 aromatic carbocycles. The van der Waals surface area contributed by atoms with Gasteiger partial charge in [-0.3, -0.25) is 0 Å².